The normalized spacial score (nSPS) is 33.6. The van der Waals surface area contributed by atoms with Gasteiger partial charge in [0.1, 0.15) is 4.93 Å². The summed E-state index contributed by atoms with van der Waals surface area (Å²) in [5, 5.41) is 0. The van der Waals surface area contributed by atoms with Crippen LogP contribution in [0, 0.1) is 35.5 Å². The van der Waals surface area contributed by atoms with Gasteiger partial charge >= 0.3 is 0 Å². The van der Waals surface area contributed by atoms with Gasteiger partial charge in [-0.25, -0.2) is 0 Å². The SMILES string of the molecule is CCCC#CCCC1COC(CC)(C2CC2)SCC(CC=CC(C)CC2CO2)C1. The molecule has 0 N–H and O–H groups in total. The first kappa shape index (κ1) is 23.2. The monoisotopic (exact) mass is 418 g/mol. The molecule has 3 fully saturated rings. The molecule has 1 aliphatic carbocycles. The molecule has 0 spiro atoms. The number of hydrogen-bond donors (Lipinski definition) is 0. The molecule has 5 atom stereocenters. The molecule has 0 aromatic carbocycles. The largest absolute Gasteiger partial charge is 0.373 e. The van der Waals surface area contributed by atoms with Crippen LogP contribution in [0.5, 0.6) is 0 Å². The minimum Gasteiger partial charge on any atom is -0.373 e. The summed E-state index contributed by atoms with van der Waals surface area (Å²) in [7, 11) is 0. The summed E-state index contributed by atoms with van der Waals surface area (Å²) in [4.78, 5) is 0.0884. The summed E-state index contributed by atoms with van der Waals surface area (Å²) in [6, 6.07) is 0. The molecule has 3 rings (SSSR count). The van der Waals surface area contributed by atoms with Crippen molar-refractivity contribution < 1.29 is 9.47 Å². The first-order valence-corrected chi connectivity index (χ1v) is 13.2. The minimum atomic E-state index is 0.0884. The number of rotatable bonds is 10. The minimum absolute atomic E-state index is 0.0884. The van der Waals surface area contributed by atoms with Crippen LogP contribution in [0.1, 0.15) is 85.0 Å². The van der Waals surface area contributed by atoms with Gasteiger partial charge in [0.2, 0.25) is 0 Å². The molecule has 5 unspecified atom stereocenters. The van der Waals surface area contributed by atoms with E-state index >= 15 is 0 Å². The van der Waals surface area contributed by atoms with Gasteiger partial charge in [0.05, 0.1) is 19.3 Å². The highest BCUT2D eigenvalue weighted by Crippen LogP contribution is 2.52. The Morgan fingerprint density at radius 2 is 1.93 bits per heavy atom. The van der Waals surface area contributed by atoms with E-state index in [0.717, 1.165) is 50.7 Å². The summed E-state index contributed by atoms with van der Waals surface area (Å²) in [5.74, 6) is 10.8. The predicted molar refractivity (Wildman–Crippen MR) is 125 cm³/mol. The number of thioether (sulfide) groups is 1. The second-order valence-electron chi connectivity index (χ2n) is 9.50. The molecule has 3 heteroatoms. The third-order valence-electron chi connectivity index (χ3n) is 6.63. The molecule has 164 valence electrons. The van der Waals surface area contributed by atoms with Crippen LogP contribution >= 0.6 is 11.8 Å². The summed E-state index contributed by atoms with van der Waals surface area (Å²) >= 11 is 2.14. The highest BCUT2D eigenvalue weighted by molar-refractivity contribution is 8.00. The summed E-state index contributed by atoms with van der Waals surface area (Å²) in [6.07, 6.45) is 17.4. The van der Waals surface area contributed by atoms with Crippen molar-refractivity contribution in [2.45, 2.75) is 96.0 Å². The molecule has 2 nitrogen and oxygen atoms in total. The summed E-state index contributed by atoms with van der Waals surface area (Å²) < 4.78 is 12.0. The molecule has 0 aromatic heterocycles. The molecule has 0 radical (unpaired) electrons. The van der Waals surface area contributed by atoms with Crippen LogP contribution in [-0.4, -0.2) is 30.0 Å². The molecule has 29 heavy (non-hydrogen) atoms. The van der Waals surface area contributed by atoms with Gasteiger partial charge in [-0.2, -0.15) is 0 Å². The second-order valence-corrected chi connectivity index (χ2v) is 10.8. The Bertz CT molecular complexity index is 569. The maximum atomic E-state index is 6.66. The zero-order chi connectivity index (χ0) is 20.5. The Labute approximate surface area is 184 Å². The number of allylic oxidation sites excluding steroid dienone is 2. The average molecular weight is 419 g/mol. The van der Waals surface area contributed by atoms with E-state index in [4.69, 9.17) is 9.47 Å². The zero-order valence-corrected chi connectivity index (χ0v) is 19.8. The Morgan fingerprint density at radius 3 is 2.62 bits per heavy atom. The Balaban J connectivity index is 1.55. The fraction of sp³-hybridized carbons (Fsp3) is 0.846. The van der Waals surface area contributed by atoms with Gasteiger partial charge in [-0.15, -0.1) is 23.6 Å². The fourth-order valence-electron chi connectivity index (χ4n) is 4.56. The van der Waals surface area contributed by atoms with Crippen molar-refractivity contribution >= 4 is 11.8 Å². The first-order valence-electron chi connectivity index (χ1n) is 12.2. The van der Waals surface area contributed by atoms with E-state index in [1.807, 2.05) is 0 Å². The van der Waals surface area contributed by atoms with E-state index in [2.05, 4.69) is 56.5 Å². The third kappa shape index (κ3) is 7.97. The smallest absolute Gasteiger partial charge is 0.116 e. The number of ether oxygens (including phenoxy) is 2. The first-order chi connectivity index (χ1) is 14.1. The average Bonchev–Trinajstić information content (AvgIpc) is 3.60. The predicted octanol–water partition coefficient (Wildman–Crippen LogP) is 6.84. The molecule has 3 aliphatic rings. The Morgan fingerprint density at radius 1 is 1.14 bits per heavy atom. The third-order valence-corrected chi connectivity index (χ3v) is 8.50. The lowest BCUT2D eigenvalue weighted by atomic mass is 9.89. The molecule has 2 heterocycles. The maximum Gasteiger partial charge on any atom is 0.116 e. The van der Waals surface area contributed by atoms with Crippen molar-refractivity contribution in [1.29, 1.82) is 0 Å². The fourth-order valence-corrected chi connectivity index (χ4v) is 6.18. The van der Waals surface area contributed by atoms with E-state index in [-0.39, 0.29) is 4.93 Å². The van der Waals surface area contributed by atoms with Gasteiger partial charge in [-0.05, 0) is 80.8 Å². The standard InChI is InChI=1S/C26H42O2S/c1-4-6-7-8-9-12-22-17-23(13-10-11-21(3)16-25-19-27-25)20-29-26(5-2,28-18-22)24-14-15-24/h10-11,21-25H,4-6,9,12-20H2,1-3H3. The van der Waals surface area contributed by atoms with Crippen LogP contribution in [0.2, 0.25) is 0 Å². The van der Waals surface area contributed by atoms with Crippen molar-refractivity contribution in [3.8, 4) is 11.8 Å². The van der Waals surface area contributed by atoms with Crippen molar-refractivity contribution in [3.63, 3.8) is 0 Å². The van der Waals surface area contributed by atoms with Crippen LogP contribution < -0.4 is 0 Å². The van der Waals surface area contributed by atoms with Gasteiger partial charge < -0.3 is 9.47 Å². The number of hydrogen-bond acceptors (Lipinski definition) is 3. The highest BCUT2D eigenvalue weighted by atomic mass is 32.2. The summed E-state index contributed by atoms with van der Waals surface area (Å²) in [6.45, 7) is 8.76. The van der Waals surface area contributed by atoms with Crippen LogP contribution in [0.4, 0.5) is 0 Å². The maximum absolute atomic E-state index is 6.66. The van der Waals surface area contributed by atoms with E-state index in [1.165, 1.54) is 44.3 Å². The van der Waals surface area contributed by atoms with Crippen LogP contribution in [0.15, 0.2) is 12.2 Å². The van der Waals surface area contributed by atoms with Crippen molar-refractivity contribution in [2.75, 3.05) is 19.0 Å². The molecule has 2 saturated heterocycles. The van der Waals surface area contributed by atoms with Crippen LogP contribution in [-0.2, 0) is 9.47 Å². The number of epoxide rings is 1. The lowest BCUT2D eigenvalue weighted by Crippen LogP contribution is -2.36. The van der Waals surface area contributed by atoms with E-state index < -0.39 is 0 Å². The van der Waals surface area contributed by atoms with Gasteiger partial charge in [-0.1, -0.05) is 32.9 Å². The van der Waals surface area contributed by atoms with Gasteiger partial charge in [-0.3, -0.25) is 0 Å². The Kier molecular flexibility index (Phi) is 9.48. The molecule has 1 saturated carbocycles. The van der Waals surface area contributed by atoms with Crippen molar-refractivity contribution in [3.05, 3.63) is 12.2 Å². The van der Waals surface area contributed by atoms with E-state index in [9.17, 15) is 0 Å². The second kappa shape index (κ2) is 11.8. The topological polar surface area (TPSA) is 21.8 Å². The molecular weight excluding hydrogens is 376 g/mol. The quantitative estimate of drug-likeness (QED) is 0.220. The molecular formula is C26H42O2S. The number of unbranched alkanes of at least 4 members (excludes halogenated alkanes) is 1. The molecule has 2 aliphatic heterocycles. The zero-order valence-electron chi connectivity index (χ0n) is 19.0. The molecule has 0 bridgehead atoms. The summed E-state index contributed by atoms with van der Waals surface area (Å²) in [5.41, 5.74) is 0. The van der Waals surface area contributed by atoms with E-state index in [0.29, 0.717) is 17.9 Å². The molecule has 0 aromatic rings. The lowest BCUT2D eigenvalue weighted by molar-refractivity contribution is -0.0204. The lowest BCUT2D eigenvalue weighted by Gasteiger charge is -2.38. The molecule has 0 amide bonds. The van der Waals surface area contributed by atoms with Crippen LogP contribution in [0.25, 0.3) is 0 Å². The van der Waals surface area contributed by atoms with Gasteiger partial charge in [0, 0.05) is 12.8 Å². The van der Waals surface area contributed by atoms with Gasteiger partial charge in [0.25, 0.3) is 0 Å². The Hall–Kier alpha value is -0.430. The highest BCUT2D eigenvalue weighted by Gasteiger charge is 2.46. The van der Waals surface area contributed by atoms with Crippen LogP contribution in [0.3, 0.4) is 0 Å². The van der Waals surface area contributed by atoms with Gasteiger partial charge in [0.15, 0.2) is 0 Å². The van der Waals surface area contributed by atoms with Crippen molar-refractivity contribution in [2.24, 2.45) is 23.7 Å². The van der Waals surface area contributed by atoms with E-state index in [1.54, 1.807) is 0 Å². The van der Waals surface area contributed by atoms with Crippen molar-refractivity contribution in [1.82, 2.24) is 0 Å².